The van der Waals surface area contributed by atoms with Crippen molar-refractivity contribution in [3.8, 4) is 0 Å². The number of hydrogen-bond donors (Lipinski definition) is 2. The highest BCUT2D eigenvalue weighted by atomic mass is 32.1. The molecule has 0 amide bonds. The largest absolute Gasteiger partial charge is 0.389 e. The number of benzene rings is 1. The Morgan fingerprint density at radius 1 is 1.24 bits per heavy atom. The maximum Gasteiger partial charge on any atom is 0.136 e. The number of nitrogens with zero attached hydrogens (tertiary/aromatic N) is 1. The molecule has 110 valence electrons. The normalized spacial score (nSPS) is 10.4. The van der Waals surface area contributed by atoms with E-state index in [1.165, 1.54) is 12.1 Å². The summed E-state index contributed by atoms with van der Waals surface area (Å²) in [6.07, 6.45) is 0.459. The number of aryl methyl sites for hydroxylation is 1. The molecule has 6 heteroatoms. The van der Waals surface area contributed by atoms with Gasteiger partial charge in [0.15, 0.2) is 0 Å². The predicted octanol–water partition coefficient (Wildman–Crippen LogP) is 2.96. The number of rotatable bonds is 5. The summed E-state index contributed by atoms with van der Waals surface area (Å²) >= 11 is 4.97. The summed E-state index contributed by atoms with van der Waals surface area (Å²) in [4.78, 5) is 4.59. The van der Waals surface area contributed by atoms with Gasteiger partial charge >= 0.3 is 0 Å². The zero-order valence-electron chi connectivity index (χ0n) is 11.5. The maximum atomic E-state index is 13.1. The summed E-state index contributed by atoms with van der Waals surface area (Å²) in [5.74, 6) is -0.579. The molecule has 0 aliphatic heterocycles. The van der Waals surface area contributed by atoms with Gasteiger partial charge in [-0.3, -0.25) is 0 Å². The molecule has 2 aromatic rings. The molecule has 0 saturated carbocycles. The van der Waals surface area contributed by atoms with E-state index in [1.54, 1.807) is 6.07 Å². The van der Waals surface area contributed by atoms with Crippen molar-refractivity contribution in [2.24, 2.45) is 5.73 Å². The number of halogens is 2. The minimum atomic E-state index is -0.581. The second-order valence-electron chi connectivity index (χ2n) is 4.67. The minimum absolute atomic E-state index is 0.252. The third kappa shape index (κ3) is 4.19. The third-order valence-corrected chi connectivity index (χ3v) is 3.15. The molecule has 1 aromatic heterocycles. The lowest BCUT2D eigenvalue weighted by Crippen LogP contribution is -2.16. The van der Waals surface area contributed by atoms with Gasteiger partial charge in [-0.1, -0.05) is 12.2 Å². The number of hydrogen-bond acceptors (Lipinski definition) is 3. The van der Waals surface area contributed by atoms with Gasteiger partial charge in [0.05, 0.1) is 5.56 Å². The van der Waals surface area contributed by atoms with Gasteiger partial charge in [-0.25, -0.2) is 13.8 Å². The Morgan fingerprint density at radius 2 is 1.90 bits per heavy atom. The van der Waals surface area contributed by atoms with Crippen molar-refractivity contribution in [2.75, 3.05) is 11.9 Å². The topological polar surface area (TPSA) is 50.9 Å². The lowest BCUT2D eigenvalue weighted by molar-refractivity contribution is 0.580. The first-order valence-electron chi connectivity index (χ1n) is 6.42. The van der Waals surface area contributed by atoms with Crippen LogP contribution in [-0.2, 0) is 6.42 Å². The lowest BCUT2D eigenvalue weighted by atomic mass is 10.1. The van der Waals surface area contributed by atoms with E-state index in [1.807, 2.05) is 13.0 Å². The van der Waals surface area contributed by atoms with E-state index in [4.69, 9.17) is 18.0 Å². The molecule has 3 N–H and O–H groups in total. The lowest BCUT2D eigenvalue weighted by Gasteiger charge is -2.11. The van der Waals surface area contributed by atoms with Crippen molar-refractivity contribution in [1.29, 1.82) is 0 Å². The molecule has 0 spiro atoms. The number of thiocarbonyl (C=S) groups is 1. The van der Waals surface area contributed by atoms with Gasteiger partial charge in [-0.15, -0.1) is 0 Å². The van der Waals surface area contributed by atoms with Gasteiger partial charge in [0.25, 0.3) is 0 Å². The van der Waals surface area contributed by atoms with E-state index in [0.29, 0.717) is 29.9 Å². The van der Waals surface area contributed by atoms with Crippen molar-refractivity contribution >= 4 is 23.0 Å². The molecule has 0 radical (unpaired) electrons. The van der Waals surface area contributed by atoms with Crippen LogP contribution in [0.4, 0.5) is 14.6 Å². The molecule has 1 heterocycles. The second-order valence-corrected chi connectivity index (χ2v) is 5.11. The van der Waals surface area contributed by atoms with Crippen LogP contribution >= 0.6 is 12.2 Å². The summed E-state index contributed by atoms with van der Waals surface area (Å²) in [6.45, 7) is 2.32. The van der Waals surface area contributed by atoms with E-state index < -0.39 is 11.6 Å². The van der Waals surface area contributed by atoms with E-state index in [-0.39, 0.29) is 4.99 Å². The molecule has 0 aliphatic carbocycles. The van der Waals surface area contributed by atoms with Crippen LogP contribution in [0.15, 0.2) is 30.3 Å². The Balaban J connectivity index is 2.06. The summed E-state index contributed by atoms with van der Waals surface area (Å²) in [5.41, 5.74) is 7.69. The first kappa shape index (κ1) is 15.3. The van der Waals surface area contributed by atoms with Crippen LogP contribution in [0.25, 0.3) is 0 Å². The fourth-order valence-corrected chi connectivity index (χ4v) is 2.14. The molecule has 0 unspecified atom stereocenters. The van der Waals surface area contributed by atoms with Crippen LogP contribution in [0.3, 0.4) is 0 Å². The van der Waals surface area contributed by atoms with Gasteiger partial charge in [-0.05, 0) is 43.2 Å². The Kier molecular flexibility index (Phi) is 4.80. The quantitative estimate of drug-likeness (QED) is 0.834. The monoisotopic (exact) mass is 307 g/mol. The molecule has 0 atom stereocenters. The van der Waals surface area contributed by atoms with E-state index in [0.717, 1.165) is 11.8 Å². The van der Waals surface area contributed by atoms with Crippen LogP contribution < -0.4 is 11.1 Å². The highest BCUT2D eigenvalue weighted by molar-refractivity contribution is 7.80. The number of nitrogens with two attached hydrogens (primary N) is 1. The molecule has 21 heavy (non-hydrogen) atoms. The molecule has 2 rings (SSSR count). The number of aromatic nitrogens is 1. The molecule has 0 fully saturated rings. The highest BCUT2D eigenvalue weighted by Crippen LogP contribution is 2.14. The average Bonchev–Trinajstić information content (AvgIpc) is 2.37. The fourth-order valence-electron chi connectivity index (χ4n) is 1.97. The molecule has 0 saturated heterocycles. The standard InChI is InChI=1S/C15H15F2N3S/c1-9-2-3-13(14(18)21)15(20-9)19-5-4-10-6-11(16)8-12(17)7-10/h2-3,6-8H,4-5H2,1H3,(H2,18,21)(H,19,20). The summed E-state index contributed by atoms with van der Waals surface area (Å²) in [6, 6.07) is 7.09. The number of anilines is 1. The van der Waals surface area contributed by atoms with Crippen LogP contribution in [0.5, 0.6) is 0 Å². The Hall–Kier alpha value is -2.08. The highest BCUT2D eigenvalue weighted by Gasteiger charge is 2.07. The van der Waals surface area contributed by atoms with E-state index in [2.05, 4.69) is 10.3 Å². The van der Waals surface area contributed by atoms with Crippen molar-refractivity contribution in [1.82, 2.24) is 4.98 Å². The number of nitrogens with one attached hydrogen (secondary N) is 1. The summed E-state index contributed by atoms with van der Waals surface area (Å²) in [5, 5.41) is 3.10. The third-order valence-electron chi connectivity index (χ3n) is 2.93. The zero-order chi connectivity index (χ0) is 15.4. The average molecular weight is 307 g/mol. The SMILES string of the molecule is Cc1ccc(C(N)=S)c(NCCc2cc(F)cc(F)c2)n1. The first-order valence-corrected chi connectivity index (χ1v) is 6.83. The van der Waals surface area contributed by atoms with Gasteiger partial charge < -0.3 is 11.1 Å². The first-order chi connectivity index (χ1) is 9.95. The Morgan fingerprint density at radius 3 is 2.52 bits per heavy atom. The van der Waals surface area contributed by atoms with Crippen molar-refractivity contribution < 1.29 is 8.78 Å². The van der Waals surface area contributed by atoms with E-state index in [9.17, 15) is 8.78 Å². The van der Waals surface area contributed by atoms with Gasteiger partial charge in [0.1, 0.15) is 22.4 Å². The summed E-state index contributed by atoms with van der Waals surface area (Å²) in [7, 11) is 0. The van der Waals surface area contributed by atoms with E-state index >= 15 is 0 Å². The van der Waals surface area contributed by atoms with Crippen molar-refractivity contribution in [2.45, 2.75) is 13.3 Å². The summed E-state index contributed by atoms with van der Waals surface area (Å²) < 4.78 is 26.2. The van der Waals surface area contributed by atoms with Crippen LogP contribution in [0.2, 0.25) is 0 Å². The minimum Gasteiger partial charge on any atom is -0.389 e. The molecular formula is C15H15F2N3S. The van der Waals surface area contributed by atoms with Gasteiger partial charge in [0, 0.05) is 18.3 Å². The Labute approximate surface area is 127 Å². The van der Waals surface area contributed by atoms with Crippen molar-refractivity contribution in [3.63, 3.8) is 0 Å². The Bertz CT molecular complexity index is 654. The second kappa shape index (κ2) is 6.58. The van der Waals surface area contributed by atoms with Crippen LogP contribution in [0, 0.1) is 18.6 Å². The molecular weight excluding hydrogens is 292 g/mol. The van der Waals surface area contributed by atoms with Crippen molar-refractivity contribution in [3.05, 3.63) is 58.8 Å². The van der Waals surface area contributed by atoms with Gasteiger partial charge in [0.2, 0.25) is 0 Å². The van der Waals surface area contributed by atoms with Gasteiger partial charge in [-0.2, -0.15) is 0 Å². The zero-order valence-corrected chi connectivity index (χ0v) is 12.3. The molecule has 0 bridgehead atoms. The fraction of sp³-hybridized carbons (Fsp3) is 0.200. The number of pyridine rings is 1. The predicted molar refractivity (Wildman–Crippen MR) is 83.4 cm³/mol. The molecule has 0 aliphatic rings. The smallest absolute Gasteiger partial charge is 0.136 e. The van der Waals surface area contributed by atoms with Crippen LogP contribution in [0.1, 0.15) is 16.8 Å². The maximum absolute atomic E-state index is 13.1. The molecule has 3 nitrogen and oxygen atoms in total. The van der Waals surface area contributed by atoms with Crippen LogP contribution in [-0.4, -0.2) is 16.5 Å². The molecule has 1 aromatic carbocycles.